The van der Waals surface area contributed by atoms with Gasteiger partial charge in [-0.3, -0.25) is 0 Å². The lowest BCUT2D eigenvalue weighted by molar-refractivity contribution is 0.181. The monoisotopic (exact) mass is 156 g/mol. The molecule has 0 amide bonds. The van der Waals surface area contributed by atoms with Crippen molar-refractivity contribution in [3.63, 3.8) is 0 Å². The maximum absolute atomic E-state index is 8.94. The second-order valence-corrected chi connectivity index (χ2v) is 3.01. The van der Waals surface area contributed by atoms with Crippen molar-refractivity contribution in [3.05, 3.63) is 12.2 Å². The van der Waals surface area contributed by atoms with Crippen molar-refractivity contribution in [2.75, 3.05) is 0 Å². The summed E-state index contributed by atoms with van der Waals surface area (Å²) in [5.74, 6) is 0. The van der Waals surface area contributed by atoms with Gasteiger partial charge in [-0.2, -0.15) is 0 Å². The molecule has 0 unspecified atom stereocenters. The highest BCUT2D eigenvalue weighted by Gasteiger charge is 1.92. The van der Waals surface area contributed by atoms with E-state index < -0.39 is 0 Å². The van der Waals surface area contributed by atoms with Crippen molar-refractivity contribution in [2.45, 2.75) is 52.1 Å². The van der Waals surface area contributed by atoms with Crippen LogP contribution in [0.5, 0.6) is 0 Å². The summed E-state index contributed by atoms with van der Waals surface area (Å²) in [5, 5.41) is 8.94. The molecule has 0 saturated heterocycles. The summed E-state index contributed by atoms with van der Waals surface area (Å²) >= 11 is 0. The van der Waals surface area contributed by atoms with E-state index in [1.807, 2.05) is 6.92 Å². The van der Waals surface area contributed by atoms with Crippen LogP contribution in [0.2, 0.25) is 0 Å². The Kier molecular flexibility index (Phi) is 7.59. The molecule has 0 radical (unpaired) electrons. The first-order chi connectivity index (χ1) is 5.27. The third-order valence-electron chi connectivity index (χ3n) is 1.65. The molecule has 0 heterocycles. The van der Waals surface area contributed by atoms with Crippen molar-refractivity contribution >= 4 is 0 Å². The zero-order valence-electron chi connectivity index (χ0n) is 7.71. The molecule has 0 aliphatic heterocycles. The highest BCUT2D eigenvalue weighted by Crippen LogP contribution is 2.03. The van der Waals surface area contributed by atoms with E-state index in [2.05, 4.69) is 19.1 Å². The Morgan fingerprint density at radius 3 is 2.55 bits per heavy atom. The fourth-order valence-electron chi connectivity index (χ4n) is 0.986. The number of hydrogen-bond donors (Lipinski definition) is 1. The molecule has 0 aromatic heterocycles. The molecule has 1 atom stereocenters. The predicted octanol–water partition coefficient (Wildman–Crippen LogP) is 2.89. The van der Waals surface area contributed by atoms with E-state index in [1.165, 1.54) is 12.8 Å². The molecule has 0 spiro atoms. The summed E-state index contributed by atoms with van der Waals surface area (Å²) < 4.78 is 0. The van der Waals surface area contributed by atoms with Crippen LogP contribution in [0.4, 0.5) is 0 Å². The molecular weight excluding hydrogens is 136 g/mol. The molecule has 0 aliphatic rings. The van der Waals surface area contributed by atoms with Crippen LogP contribution in [-0.4, -0.2) is 11.2 Å². The summed E-state index contributed by atoms with van der Waals surface area (Å²) in [6.45, 7) is 3.99. The fraction of sp³-hybridized carbons (Fsp3) is 0.800. The lowest BCUT2D eigenvalue weighted by Crippen LogP contribution is -1.97. The van der Waals surface area contributed by atoms with Gasteiger partial charge in [0.1, 0.15) is 0 Å². The minimum atomic E-state index is -0.120. The summed E-state index contributed by atoms with van der Waals surface area (Å²) in [7, 11) is 0. The predicted molar refractivity (Wildman–Crippen MR) is 49.6 cm³/mol. The molecule has 0 aromatic carbocycles. The molecule has 0 aliphatic carbocycles. The molecular formula is C10H20O. The van der Waals surface area contributed by atoms with E-state index in [4.69, 9.17) is 5.11 Å². The molecule has 1 heteroatoms. The third-order valence-corrected chi connectivity index (χ3v) is 1.65. The highest BCUT2D eigenvalue weighted by atomic mass is 16.3. The number of unbranched alkanes of at least 4 members (excludes halogenated alkanes) is 2. The second-order valence-electron chi connectivity index (χ2n) is 3.01. The van der Waals surface area contributed by atoms with E-state index in [0.717, 1.165) is 19.3 Å². The van der Waals surface area contributed by atoms with Crippen LogP contribution in [0.15, 0.2) is 12.2 Å². The van der Waals surface area contributed by atoms with Gasteiger partial charge in [0, 0.05) is 0 Å². The van der Waals surface area contributed by atoms with Crippen LogP contribution < -0.4 is 0 Å². The Morgan fingerprint density at radius 1 is 1.27 bits per heavy atom. The van der Waals surface area contributed by atoms with Crippen molar-refractivity contribution < 1.29 is 5.11 Å². The van der Waals surface area contributed by atoms with E-state index in [-0.39, 0.29) is 6.10 Å². The van der Waals surface area contributed by atoms with Gasteiger partial charge in [-0.15, -0.1) is 0 Å². The van der Waals surface area contributed by atoms with Crippen molar-refractivity contribution in [2.24, 2.45) is 0 Å². The fourth-order valence-corrected chi connectivity index (χ4v) is 0.986. The van der Waals surface area contributed by atoms with Crippen LogP contribution in [0.1, 0.15) is 46.0 Å². The largest absolute Gasteiger partial charge is 0.393 e. The smallest absolute Gasteiger partial charge is 0.0512 e. The number of aliphatic hydroxyl groups excluding tert-OH is 1. The molecule has 0 bridgehead atoms. The van der Waals surface area contributed by atoms with Crippen molar-refractivity contribution in [1.29, 1.82) is 0 Å². The van der Waals surface area contributed by atoms with E-state index in [0.29, 0.717) is 0 Å². The maximum Gasteiger partial charge on any atom is 0.0512 e. The average molecular weight is 156 g/mol. The third kappa shape index (κ3) is 9.70. The van der Waals surface area contributed by atoms with Crippen LogP contribution in [-0.2, 0) is 0 Å². The van der Waals surface area contributed by atoms with Gasteiger partial charge >= 0.3 is 0 Å². The molecule has 0 aromatic rings. The molecule has 0 rings (SSSR count). The van der Waals surface area contributed by atoms with Crippen molar-refractivity contribution in [3.8, 4) is 0 Å². The average Bonchev–Trinajstić information content (AvgIpc) is 1.96. The van der Waals surface area contributed by atoms with Gasteiger partial charge in [-0.25, -0.2) is 0 Å². The number of aliphatic hydroxyl groups is 1. The van der Waals surface area contributed by atoms with Crippen molar-refractivity contribution in [1.82, 2.24) is 0 Å². The molecule has 1 N–H and O–H groups in total. The van der Waals surface area contributed by atoms with E-state index >= 15 is 0 Å². The lowest BCUT2D eigenvalue weighted by atomic mass is 10.1. The molecule has 11 heavy (non-hydrogen) atoms. The summed E-state index contributed by atoms with van der Waals surface area (Å²) in [6, 6.07) is 0. The van der Waals surface area contributed by atoms with Crippen LogP contribution in [0.3, 0.4) is 0 Å². The number of allylic oxidation sites excluding steroid dienone is 2. The van der Waals surface area contributed by atoms with Gasteiger partial charge in [0.15, 0.2) is 0 Å². The van der Waals surface area contributed by atoms with Gasteiger partial charge < -0.3 is 5.11 Å². The van der Waals surface area contributed by atoms with Gasteiger partial charge in [0.25, 0.3) is 0 Å². The lowest BCUT2D eigenvalue weighted by Gasteiger charge is -2.00. The minimum absolute atomic E-state index is 0.120. The Balaban J connectivity index is 2.96. The first-order valence-corrected chi connectivity index (χ1v) is 4.60. The molecule has 0 fully saturated rings. The highest BCUT2D eigenvalue weighted by molar-refractivity contribution is 4.79. The quantitative estimate of drug-likeness (QED) is 0.463. The van der Waals surface area contributed by atoms with Crippen LogP contribution in [0.25, 0.3) is 0 Å². The molecule has 0 saturated carbocycles. The van der Waals surface area contributed by atoms with E-state index in [9.17, 15) is 0 Å². The Labute approximate surface area is 70.1 Å². The first-order valence-electron chi connectivity index (χ1n) is 4.60. The van der Waals surface area contributed by atoms with Crippen LogP contribution in [0, 0.1) is 0 Å². The normalized spacial score (nSPS) is 14.1. The number of rotatable bonds is 6. The zero-order chi connectivity index (χ0) is 8.53. The van der Waals surface area contributed by atoms with Gasteiger partial charge in [0.2, 0.25) is 0 Å². The topological polar surface area (TPSA) is 20.2 Å². The Morgan fingerprint density at radius 2 is 2.00 bits per heavy atom. The van der Waals surface area contributed by atoms with Gasteiger partial charge in [-0.1, -0.05) is 25.5 Å². The standard InChI is InChI=1S/C10H20O/c1-3-4-5-6-7-8-9-10(2)11/h4-5,10-11H,3,6-9H2,1-2H3/b5-4+/t10-/m1/s1. The summed E-state index contributed by atoms with van der Waals surface area (Å²) in [6.07, 6.45) is 9.90. The first kappa shape index (κ1) is 10.7. The van der Waals surface area contributed by atoms with Gasteiger partial charge in [0.05, 0.1) is 6.10 Å². The SMILES string of the molecule is CC/C=C/CCCC[C@@H](C)O. The van der Waals surface area contributed by atoms with Crippen LogP contribution >= 0.6 is 0 Å². The Hall–Kier alpha value is -0.300. The minimum Gasteiger partial charge on any atom is -0.393 e. The number of hydrogen-bond acceptors (Lipinski definition) is 1. The molecule has 1 nitrogen and oxygen atoms in total. The second kappa shape index (κ2) is 7.80. The van der Waals surface area contributed by atoms with Gasteiger partial charge in [-0.05, 0) is 32.6 Å². The maximum atomic E-state index is 8.94. The molecule has 66 valence electrons. The zero-order valence-corrected chi connectivity index (χ0v) is 7.71. The Bertz CT molecular complexity index is 95.0. The van der Waals surface area contributed by atoms with E-state index in [1.54, 1.807) is 0 Å². The summed E-state index contributed by atoms with van der Waals surface area (Å²) in [5.41, 5.74) is 0. The summed E-state index contributed by atoms with van der Waals surface area (Å²) in [4.78, 5) is 0.